The van der Waals surface area contributed by atoms with Gasteiger partial charge in [0, 0.05) is 30.2 Å². The maximum absolute atomic E-state index is 11.8. The summed E-state index contributed by atoms with van der Waals surface area (Å²) in [4.78, 5) is 23.4. The Balaban J connectivity index is 1.67. The average Bonchev–Trinajstić information content (AvgIpc) is 2.61. The van der Waals surface area contributed by atoms with Gasteiger partial charge >= 0.3 is 0 Å². The summed E-state index contributed by atoms with van der Waals surface area (Å²) in [7, 11) is 0. The maximum Gasteiger partial charge on any atom is 0.251 e. The lowest BCUT2D eigenvalue weighted by molar-refractivity contribution is -0.121. The SMILES string of the molecule is O=C(CCCNC(=O)c1ccccc1)NN=Cc1ccc(O)cc1O. The number of phenols is 2. The number of aromatic hydroxyl groups is 2. The number of rotatable bonds is 7. The molecule has 2 amide bonds. The Morgan fingerprint density at radius 1 is 1.08 bits per heavy atom. The largest absolute Gasteiger partial charge is 0.508 e. The van der Waals surface area contributed by atoms with E-state index < -0.39 is 0 Å². The van der Waals surface area contributed by atoms with Gasteiger partial charge in [-0.1, -0.05) is 18.2 Å². The van der Waals surface area contributed by atoms with Crippen LogP contribution in [0.5, 0.6) is 11.5 Å². The first kappa shape index (κ1) is 18.0. The third-order valence-electron chi connectivity index (χ3n) is 3.31. The van der Waals surface area contributed by atoms with Crippen molar-refractivity contribution < 1.29 is 19.8 Å². The normalized spacial score (nSPS) is 10.6. The predicted molar refractivity (Wildman–Crippen MR) is 93.5 cm³/mol. The number of benzene rings is 2. The zero-order valence-electron chi connectivity index (χ0n) is 13.5. The highest BCUT2D eigenvalue weighted by Crippen LogP contribution is 2.20. The first-order valence-corrected chi connectivity index (χ1v) is 7.73. The van der Waals surface area contributed by atoms with Crippen molar-refractivity contribution in [3.63, 3.8) is 0 Å². The van der Waals surface area contributed by atoms with Gasteiger partial charge in [-0.15, -0.1) is 0 Å². The van der Waals surface area contributed by atoms with Crippen molar-refractivity contribution in [2.45, 2.75) is 12.8 Å². The fraction of sp³-hybridized carbons (Fsp3) is 0.167. The molecule has 2 rings (SSSR count). The monoisotopic (exact) mass is 341 g/mol. The van der Waals surface area contributed by atoms with Crippen molar-refractivity contribution >= 4 is 18.0 Å². The van der Waals surface area contributed by atoms with E-state index >= 15 is 0 Å². The summed E-state index contributed by atoms with van der Waals surface area (Å²) in [6.07, 6.45) is 1.96. The van der Waals surface area contributed by atoms with E-state index in [4.69, 9.17) is 0 Å². The Labute approximate surface area is 145 Å². The van der Waals surface area contributed by atoms with E-state index in [1.807, 2.05) is 6.07 Å². The maximum atomic E-state index is 11.8. The van der Waals surface area contributed by atoms with Gasteiger partial charge in [0.15, 0.2) is 0 Å². The molecule has 130 valence electrons. The summed E-state index contributed by atoms with van der Waals surface area (Å²) in [5, 5.41) is 25.2. The summed E-state index contributed by atoms with van der Waals surface area (Å²) in [5.74, 6) is -0.678. The van der Waals surface area contributed by atoms with Crippen LogP contribution in [0.3, 0.4) is 0 Å². The first-order chi connectivity index (χ1) is 12.1. The lowest BCUT2D eigenvalue weighted by Crippen LogP contribution is -2.26. The molecule has 0 bridgehead atoms. The molecule has 0 saturated carbocycles. The highest BCUT2D eigenvalue weighted by molar-refractivity contribution is 5.94. The van der Waals surface area contributed by atoms with E-state index in [0.717, 1.165) is 0 Å². The van der Waals surface area contributed by atoms with Crippen molar-refractivity contribution in [2.24, 2.45) is 5.10 Å². The second-order valence-electron chi connectivity index (χ2n) is 5.26. The van der Waals surface area contributed by atoms with E-state index in [2.05, 4.69) is 15.8 Å². The number of hydrazone groups is 1. The Morgan fingerprint density at radius 2 is 1.84 bits per heavy atom. The molecule has 0 fully saturated rings. The van der Waals surface area contributed by atoms with Gasteiger partial charge in [0.2, 0.25) is 5.91 Å². The standard InChI is InChI=1S/C18H19N3O4/c22-15-9-8-14(16(23)11-15)12-20-21-17(24)7-4-10-19-18(25)13-5-2-1-3-6-13/h1-3,5-6,8-9,11-12,22-23H,4,7,10H2,(H,19,25)(H,21,24). The molecule has 7 nitrogen and oxygen atoms in total. The second-order valence-corrected chi connectivity index (χ2v) is 5.26. The summed E-state index contributed by atoms with van der Waals surface area (Å²) in [5.41, 5.74) is 3.28. The average molecular weight is 341 g/mol. The molecule has 25 heavy (non-hydrogen) atoms. The Bertz CT molecular complexity index is 760. The molecule has 0 radical (unpaired) electrons. The number of nitrogens with zero attached hydrogens (tertiary/aromatic N) is 1. The molecule has 2 aromatic rings. The van der Waals surface area contributed by atoms with E-state index in [-0.39, 0.29) is 29.7 Å². The summed E-state index contributed by atoms with van der Waals surface area (Å²) in [6.45, 7) is 0.379. The molecule has 4 N–H and O–H groups in total. The van der Waals surface area contributed by atoms with Crippen molar-refractivity contribution in [1.82, 2.24) is 10.7 Å². The fourth-order valence-electron chi connectivity index (χ4n) is 2.01. The van der Waals surface area contributed by atoms with Gasteiger partial charge in [-0.05, 0) is 30.7 Å². The van der Waals surface area contributed by atoms with Gasteiger partial charge in [0.1, 0.15) is 11.5 Å². The lowest BCUT2D eigenvalue weighted by Gasteiger charge is -2.04. The van der Waals surface area contributed by atoms with Gasteiger partial charge in [-0.2, -0.15) is 5.10 Å². The Morgan fingerprint density at radius 3 is 2.56 bits per heavy atom. The van der Waals surface area contributed by atoms with Crippen molar-refractivity contribution in [3.05, 3.63) is 59.7 Å². The molecule has 0 unspecified atom stereocenters. The predicted octanol–water partition coefficient (Wildman–Crippen LogP) is 1.76. The fourth-order valence-corrected chi connectivity index (χ4v) is 2.01. The third-order valence-corrected chi connectivity index (χ3v) is 3.31. The number of carbonyl (C=O) groups is 2. The molecule has 0 aliphatic heterocycles. The molecule has 0 aliphatic rings. The minimum absolute atomic E-state index is 0.0590. The number of hydrogen-bond acceptors (Lipinski definition) is 5. The molecule has 0 aliphatic carbocycles. The van der Waals surface area contributed by atoms with Crippen molar-refractivity contribution in [1.29, 1.82) is 0 Å². The minimum atomic E-state index is -0.302. The number of carbonyl (C=O) groups excluding carboxylic acids is 2. The zero-order chi connectivity index (χ0) is 18.1. The van der Waals surface area contributed by atoms with Gasteiger partial charge in [0.25, 0.3) is 5.91 Å². The number of nitrogens with one attached hydrogen (secondary N) is 2. The summed E-state index contributed by atoms with van der Waals surface area (Å²) < 4.78 is 0. The number of amides is 2. The van der Waals surface area contributed by atoms with Crippen LogP contribution in [-0.4, -0.2) is 34.8 Å². The van der Waals surface area contributed by atoms with Crippen molar-refractivity contribution in [2.75, 3.05) is 6.54 Å². The van der Waals surface area contributed by atoms with Gasteiger partial charge in [-0.25, -0.2) is 5.43 Å². The third kappa shape index (κ3) is 5.98. The van der Waals surface area contributed by atoms with Crippen LogP contribution in [0, 0.1) is 0 Å². The lowest BCUT2D eigenvalue weighted by atomic mass is 10.2. The molecule has 0 atom stereocenters. The van der Waals surface area contributed by atoms with Gasteiger partial charge in [-0.3, -0.25) is 9.59 Å². The van der Waals surface area contributed by atoms with Crippen LogP contribution in [0.4, 0.5) is 0 Å². The highest BCUT2D eigenvalue weighted by atomic mass is 16.3. The molecule has 0 spiro atoms. The zero-order valence-corrected chi connectivity index (χ0v) is 13.5. The molecule has 2 aromatic carbocycles. The first-order valence-electron chi connectivity index (χ1n) is 7.73. The molecular weight excluding hydrogens is 322 g/mol. The topological polar surface area (TPSA) is 111 Å². The quantitative estimate of drug-likeness (QED) is 0.349. The van der Waals surface area contributed by atoms with Gasteiger partial charge < -0.3 is 15.5 Å². The van der Waals surface area contributed by atoms with Crippen LogP contribution >= 0.6 is 0 Å². The summed E-state index contributed by atoms with van der Waals surface area (Å²) in [6, 6.07) is 12.9. The minimum Gasteiger partial charge on any atom is -0.508 e. The molecular formula is C18H19N3O4. The smallest absolute Gasteiger partial charge is 0.251 e. The molecule has 7 heteroatoms. The second kappa shape index (κ2) is 9.07. The van der Waals surface area contributed by atoms with Crippen LogP contribution < -0.4 is 10.7 Å². The van der Waals surface area contributed by atoms with E-state index in [1.165, 1.54) is 24.4 Å². The molecule has 0 heterocycles. The Kier molecular flexibility index (Phi) is 6.53. The van der Waals surface area contributed by atoms with Crippen molar-refractivity contribution in [3.8, 4) is 11.5 Å². The van der Waals surface area contributed by atoms with E-state index in [1.54, 1.807) is 24.3 Å². The van der Waals surface area contributed by atoms with Crippen LogP contribution in [0.15, 0.2) is 53.6 Å². The molecule has 0 aromatic heterocycles. The van der Waals surface area contributed by atoms with E-state index in [0.29, 0.717) is 24.1 Å². The van der Waals surface area contributed by atoms with E-state index in [9.17, 15) is 19.8 Å². The number of hydrogen-bond donors (Lipinski definition) is 4. The highest BCUT2D eigenvalue weighted by Gasteiger charge is 2.05. The van der Waals surface area contributed by atoms with Crippen LogP contribution in [0.2, 0.25) is 0 Å². The number of phenolic OH excluding ortho intramolecular Hbond substituents is 2. The van der Waals surface area contributed by atoms with Crippen LogP contribution in [0.1, 0.15) is 28.8 Å². The van der Waals surface area contributed by atoms with Gasteiger partial charge in [0.05, 0.1) is 6.21 Å². The van der Waals surface area contributed by atoms with Crippen LogP contribution in [0.25, 0.3) is 0 Å². The molecule has 0 saturated heterocycles. The van der Waals surface area contributed by atoms with Crippen LogP contribution in [-0.2, 0) is 4.79 Å². The Hall–Kier alpha value is -3.35. The summed E-state index contributed by atoms with van der Waals surface area (Å²) >= 11 is 0.